The summed E-state index contributed by atoms with van der Waals surface area (Å²) < 4.78 is 21.9. The summed E-state index contributed by atoms with van der Waals surface area (Å²) in [5, 5.41) is 4.48. The molecule has 0 saturated heterocycles. The maximum absolute atomic E-state index is 13.0. The molecule has 1 heterocycles. The number of hydrogen-bond acceptors (Lipinski definition) is 5. The van der Waals surface area contributed by atoms with Crippen molar-refractivity contribution < 1.29 is 9.13 Å². The van der Waals surface area contributed by atoms with Gasteiger partial charge in [0.25, 0.3) is 0 Å². The minimum atomic E-state index is -0.275. The lowest BCUT2D eigenvalue weighted by Crippen LogP contribution is -2.00. The van der Waals surface area contributed by atoms with Crippen LogP contribution in [0.3, 0.4) is 0 Å². The predicted molar refractivity (Wildman–Crippen MR) is 99.6 cm³/mol. The third-order valence-corrected chi connectivity index (χ3v) is 5.50. The number of nitrogens with zero attached hydrogens (tertiary/aromatic N) is 2. The average molecular weight is 379 g/mol. The molecular weight excluding hydrogens is 363 g/mol. The van der Waals surface area contributed by atoms with Crippen LogP contribution in [-0.4, -0.2) is 22.1 Å². The molecule has 0 aliphatic rings. The van der Waals surface area contributed by atoms with Gasteiger partial charge in [-0.25, -0.2) is 9.07 Å². The monoisotopic (exact) mass is 378 g/mol. The van der Waals surface area contributed by atoms with Gasteiger partial charge < -0.3 is 4.74 Å². The number of halogens is 1. The molecule has 0 aliphatic heterocycles. The van der Waals surface area contributed by atoms with Crippen LogP contribution in [0.25, 0.3) is 5.69 Å². The van der Waals surface area contributed by atoms with E-state index in [1.807, 2.05) is 31.2 Å². The molecule has 24 heavy (non-hydrogen) atoms. The molecule has 0 unspecified atom stereocenters. The molecule has 0 N–H and O–H groups in total. The summed E-state index contributed by atoms with van der Waals surface area (Å²) in [6, 6.07) is 14.1. The van der Waals surface area contributed by atoms with Gasteiger partial charge in [0.15, 0.2) is 8.29 Å². The molecule has 0 amide bonds. The molecular formula is C17H15FN2OS3. The van der Waals surface area contributed by atoms with Crippen molar-refractivity contribution in [2.45, 2.75) is 11.3 Å². The van der Waals surface area contributed by atoms with E-state index in [-0.39, 0.29) is 5.82 Å². The second-order valence-electron chi connectivity index (χ2n) is 5.04. The summed E-state index contributed by atoms with van der Waals surface area (Å²) in [5.41, 5.74) is 1.94. The fourth-order valence-electron chi connectivity index (χ4n) is 2.06. The van der Waals surface area contributed by atoms with Crippen LogP contribution in [0.15, 0.2) is 52.9 Å². The minimum absolute atomic E-state index is 0.275. The summed E-state index contributed by atoms with van der Waals surface area (Å²) in [5.74, 6) is 1.38. The Morgan fingerprint density at radius 3 is 2.79 bits per heavy atom. The van der Waals surface area contributed by atoms with Crippen molar-refractivity contribution in [1.29, 1.82) is 0 Å². The Hall–Kier alpha value is -1.70. The van der Waals surface area contributed by atoms with Crippen LogP contribution in [-0.2, 0) is 0 Å². The van der Waals surface area contributed by atoms with Crippen LogP contribution in [0.5, 0.6) is 5.75 Å². The molecule has 3 nitrogen and oxygen atoms in total. The topological polar surface area (TPSA) is 27.1 Å². The van der Waals surface area contributed by atoms with Crippen LogP contribution < -0.4 is 4.74 Å². The predicted octanol–water partition coefficient (Wildman–Crippen LogP) is 5.28. The molecule has 1 aromatic heterocycles. The van der Waals surface area contributed by atoms with Gasteiger partial charge in [-0.3, -0.25) is 0 Å². The number of thioether (sulfide) groups is 1. The van der Waals surface area contributed by atoms with Gasteiger partial charge in [0.1, 0.15) is 11.6 Å². The summed E-state index contributed by atoms with van der Waals surface area (Å²) in [4.78, 5) is 0. The minimum Gasteiger partial charge on any atom is -0.493 e. The van der Waals surface area contributed by atoms with E-state index in [1.165, 1.54) is 29.0 Å². The first-order chi connectivity index (χ1) is 11.6. The van der Waals surface area contributed by atoms with Gasteiger partial charge >= 0.3 is 0 Å². The molecule has 2 aromatic carbocycles. The van der Waals surface area contributed by atoms with Gasteiger partial charge in [0.2, 0.25) is 0 Å². The zero-order chi connectivity index (χ0) is 16.9. The Labute approximate surface area is 153 Å². The Balaban J connectivity index is 1.57. The van der Waals surface area contributed by atoms with Gasteiger partial charge in [-0.2, -0.15) is 0 Å². The van der Waals surface area contributed by atoms with Gasteiger partial charge in [0.05, 0.1) is 12.3 Å². The first-order valence-corrected chi connectivity index (χ1v) is 9.51. The molecule has 3 aromatic rings. The second kappa shape index (κ2) is 7.92. The van der Waals surface area contributed by atoms with E-state index in [1.54, 1.807) is 28.6 Å². The van der Waals surface area contributed by atoms with E-state index in [0.29, 0.717) is 10.6 Å². The highest BCUT2D eigenvalue weighted by molar-refractivity contribution is 8.01. The summed E-state index contributed by atoms with van der Waals surface area (Å²) in [6.07, 6.45) is 0. The Kier molecular flexibility index (Phi) is 5.65. The largest absolute Gasteiger partial charge is 0.493 e. The molecule has 0 aliphatic carbocycles. The smallest absolute Gasteiger partial charge is 0.184 e. The lowest BCUT2D eigenvalue weighted by Gasteiger charge is -2.05. The Morgan fingerprint density at radius 2 is 2.04 bits per heavy atom. The molecule has 0 spiro atoms. The van der Waals surface area contributed by atoms with Crippen molar-refractivity contribution in [2.75, 3.05) is 12.4 Å². The van der Waals surface area contributed by atoms with Gasteiger partial charge in [0, 0.05) is 5.75 Å². The zero-order valence-corrected chi connectivity index (χ0v) is 15.4. The lowest BCUT2D eigenvalue weighted by atomic mass is 10.2. The molecule has 7 heteroatoms. The van der Waals surface area contributed by atoms with Crippen molar-refractivity contribution in [3.8, 4) is 11.4 Å². The van der Waals surface area contributed by atoms with E-state index in [0.717, 1.165) is 21.5 Å². The van der Waals surface area contributed by atoms with Crippen LogP contribution in [0.2, 0.25) is 0 Å². The summed E-state index contributed by atoms with van der Waals surface area (Å²) >= 11 is 8.38. The number of benzene rings is 2. The maximum Gasteiger partial charge on any atom is 0.184 e. The van der Waals surface area contributed by atoms with Gasteiger partial charge in [-0.15, -0.1) is 5.10 Å². The lowest BCUT2D eigenvalue weighted by molar-refractivity contribution is 0.343. The normalized spacial score (nSPS) is 10.8. The highest BCUT2D eigenvalue weighted by Gasteiger charge is 2.07. The van der Waals surface area contributed by atoms with E-state index < -0.39 is 0 Å². The Bertz CT molecular complexity index is 874. The van der Waals surface area contributed by atoms with Crippen molar-refractivity contribution >= 4 is 35.3 Å². The number of rotatable bonds is 6. The number of aryl methyl sites for hydroxylation is 1. The molecule has 0 atom stereocenters. The Morgan fingerprint density at radius 1 is 1.25 bits per heavy atom. The molecule has 0 fully saturated rings. The maximum atomic E-state index is 13.0. The molecule has 3 rings (SSSR count). The van der Waals surface area contributed by atoms with Crippen molar-refractivity contribution in [3.05, 3.63) is 63.9 Å². The van der Waals surface area contributed by atoms with E-state index in [9.17, 15) is 4.39 Å². The van der Waals surface area contributed by atoms with Crippen molar-refractivity contribution in [3.63, 3.8) is 0 Å². The second-order valence-corrected chi connectivity index (χ2v) is 8.00. The third-order valence-electron chi connectivity index (χ3n) is 3.17. The molecule has 0 radical (unpaired) electrons. The quantitative estimate of drug-likeness (QED) is 0.331. The van der Waals surface area contributed by atoms with Crippen molar-refractivity contribution in [1.82, 2.24) is 9.78 Å². The van der Waals surface area contributed by atoms with E-state index in [2.05, 4.69) is 5.10 Å². The van der Waals surface area contributed by atoms with Gasteiger partial charge in [-0.1, -0.05) is 35.2 Å². The highest BCUT2D eigenvalue weighted by Crippen LogP contribution is 2.24. The van der Waals surface area contributed by atoms with Crippen LogP contribution in [0, 0.1) is 16.7 Å². The molecule has 0 saturated carbocycles. The van der Waals surface area contributed by atoms with Gasteiger partial charge in [-0.05, 0) is 61.1 Å². The van der Waals surface area contributed by atoms with Crippen molar-refractivity contribution in [2.24, 2.45) is 0 Å². The number of aromatic nitrogens is 2. The highest BCUT2D eigenvalue weighted by atomic mass is 32.2. The third kappa shape index (κ3) is 4.43. The fourth-order valence-corrected chi connectivity index (χ4v) is 4.31. The van der Waals surface area contributed by atoms with Crippen LogP contribution in [0.1, 0.15) is 5.56 Å². The zero-order valence-electron chi connectivity index (χ0n) is 12.9. The number of hydrogen-bond donors (Lipinski definition) is 0. The average Bonchev–Trinajstić information content (AvgIpc) is 2.93. The molecule has 124 valence electrons. The van der Waals surface area contributed by atoms with Crippen LogP contribution >= 0.6 is 35.3 Å². The molecule has 0 bridgehead atoms. The standard InChI is InChI=1S/C17H15FN2OS3/c1-12-3-2-4-15(11-12)21-9-10-23-16-19-20(17(22)24-16)14-7-5-13(18)6-8-14/h2-8,11H,9-10H2,1H3. The summed E-state index contributed by atoms with van der Waals surface area (Å²) in [6.45, 7) is 2.63. The SMILES string of the molecule is Cc1cccc(OCCSc2nn(-c3ccc(F)cc3)c(=S)s2)c1. The van der Waals surface area contributed by atoms with E-state index in [4.69, 9.17) is 17.0 Å². The van der Waals surface area contributed by atoms with E-state index >= 15 is 0 Å². The fraction of sp³-hybridized carbons (Fsp3) is 0.176. The summed E-state index contributed by atoms with van der Waals surface area (Å²) in [7, 11) is 0. The number of ether oxygens (including phenoxy) is 1. The first-order valence-electron chi connectivity index (χ1n) is 7.30. The first kappa shape index (κ1) is 17.1. The van der Waals surface area contributed by atoms with Crippen LogP contribution in [0.4, 0.5) is 4.39 Å².